The molecule has 1 amide bonds. The van der Waals surface area contributed by atoms with Gasteiger partial charge in [-0.1, -0.05) is 30.3 Å². The molecule has 1 unspecified atom stereocenters. The van der Waals surface area contributed by atoms with Crippen LogP contribution in [0.3, 0.4) is 0 Å². The number of benzene rings is 1. The van der Waals surface area contributed by atoms with Gasteiger partial charge in [-0.2, -0.15) is 5.26 Å². The van der Waals surface area contributed by atoms with Crippen molar-refractivity contribution in [3.8, 4) is 6.07 Å². The number of nitrogens with zero attached hydrogens (tertiary/aromatic N) is 2. The van der Waals surface area contributed by atoms with E-state index in [0.717, 1.165) is 24.2 Å². The first-order valence-electron chi connectivity index (χ1n) is 8.60. The normalized spacial score (nSPS) is 16.2. The second-order valence-corrected chi connectivity index (χ2v) is 6.85. The monoisotopic (exact) mass is 337 g/mol. The highest BCUT2D eigenvalue weighted by molar-refractivity contribution is 5.79. The lowest BCUT2D eigenvalue weighted by Crippen LogP contribution is -2.50. The van der Waals surface area contributed by atoms with Gasteiger partial charge >= 0.3 is 0 Å². The minimum Gasteiger partial charge on any atom is -0.468 e. The molecule has 0 spiro atoms. The van der Waals surface area contributed by atoms with Crippen molar-refractivity contribution in [2.45, 2.75) is 38.4 Å². The predicted octanol–water partition coefficient (Wildman–Crippen LogP) is 3.09. The molecule has 0 aliphatic heterocycles. The number of carbonyl (C=O) groups excluding carboxylic acids is 1. The predicted molar refractivity (Wildman–Crippen MR) is 94.1 cm³/mol. The second-order valence-electron chi connectivity index (χ2n) is 6.85. The Hall–Kier alpha value is -2.58. The third-order valence-electron chi connectivity index (χ3n) is 4.60. The summed E-state index contributed by atoms with van der Waals surface area (Å²) >= 11 is 0. The van der Waals surface area contributed by atoms with Crippen LogP contribution >= 0.6 is 0 Å². The van der Waals surface area contributed by atoms with Crippen LogP contribution in [0, 0.1) is 17.2 Å². The van der Waals surface area contributed by atoms with E-state index in [-0.39, 0.29) is 18.4 Å². The number of carbonyl (C=O) groups is 1. The van der Waals surface area contributed by atoms with Crippen molar-refractivity contribution in [3.63, 3.8) is 0 Å². The summed E-state index contributed by atoms with van der Waals surface area (Å²) in [4.78, 5) is 14.6. The van der Waals surface area contributed by atoms with Gasteiger partial charge in [0, 0.05) is 6.54 Å². The highest BCUT2D eigenvalue weighted by atomic mass is 16.3. The topological polar surface area (TPSA) is 69.3 Å². The standard InChI is InChI=1S/C20H23N3O2/c1-20(15-21,17-9-10-17)22-19(24)14-23(13-18-8-5-11-25-18)12-16-6-3-2-4-7-16/h2-8,11,17H,9-10,12-14H2,1H3,(H,22,24). The van der Waals surface area contributed by atoms with Crippen molar-refractivity contribution in [2.75, 3.05) is 6.54 Å². The minimum atomic E-state index is -0.764. The van der Waals surface area contributed by atoms with Gasteiger partial charge in [0.05, 0.1) is 25.4 Å². The Balaban J connectivity index is 1.66. The fourth-order valence-electron chi connectivity index (χ4n) is 3.05. The molecule has 3 rings (SSSR count). The van der Waals surface area contributed by atoms with Gasteiger partial charge < -0.3 is 9.73 Å². The molecule has 1 N–H and O–H groups in total. The average molecular weight is 337 g/mol. The van der Waals surface area contributed by atoms with Gasteiger partial charge in [-0.25, -0.2) is 0 Å². The third kappa shape index (κ3) is 4.71. The highest BCUT2D eigenvalue weighted by Crippen LogP contribution is 2.39. The zero-order chi connectivity index (χ0) is 17.7. The molecule has 1 fully saturated rings. The van der Waals surface area contributed by atoms with Crippen molar-refractivity contribution in [2.24, 2.45) is 5.92 Å². The molecule has 0 bridgehead atoms. The van der Waals surface area contributed by atoms with Crippen LogP contribution in [-0.4, -0.2) is 22.9 Å². The first kappa shape index (κ1) is 17.2. The molecule has 0 saturated heterocycles. The van der Waals surface area contributed by atoms with E-state index in [4.69, 9.17) is 4.42 Å². The number of amides is 1. The summed E-state index contributed by atoms with van der Waals surface area (Å²) in [6.45, 7) is 3.22. The molecule has 1 aliphatic rings. The molecule has 1 heterocycles. The zero-order valence-corrected chi connectivity index (χ0v) is 14.4. The molecule has 130 valence electrons. The van der Waals surface area contributed by atoms with Gasteiger partial charge in [0.25, 0.3) is 0 Å². The first-order valence-corrected chi connectivity index (χ1v) is 8.60. The van der Waals surface area contributed by atoms with Crippen molar-refractivity contribution in [1.82, 2.24) is 10.2 Å². The maximum absolute atomic E-state index is 12.5. The van der Waals surface area contributed by atoms with Crippen LogP contribution in [0.25, 0.3) is 0 Å². The summed E-state index contributed by atoms with van der Waals surface area (Å²) in [7, 11) is 0. The summed E-state index contributed by atoms with van der Waals surface area (Å²) < 4.78 is 5.43. The maximum atomic E-state index is 12.5. The number of rotatable bonds is 8. The molecule has 5 heteroatoms. The number of nitrogens with one attached hydrogen (secondary N) is 1. The zero-order valence-electron chi connectivity index (χ0n) is 14.4. The van der Waals surface area contributed by atoms with Crippen molar-refractivity contribution in [3.05, 3.63) is 60.1 Å². The molecule has 1 aromatic carbocycles. The SMILES string of the molecule is CC(C#N)(NC(=O)CN(Cc1ccccc1)Cc1ccco1)C1CC1. The van der Waals surface area contributed by atoms with E-state index in [1.807, 2.05) is 54.3 Å². The lowest BCUT2D eigenvalue weighted by Gasteiger charge is -2.26. The van der Waals surface area contributed by atoms with Gasteiger partial charge in [0.2, 0.25) is 5.91 Å². The van der Waals surface area contributed by atoms with E-state index >= 15 is 0 Å². The fourth-order valence-corrected chi connectivity index (χ4v) is 3.05. The van der Waals surface area contributed by atoms with Gasteiger partial charge in [0.15, 0.2) is 0 Å². The van der Waals surface area contributed by atoms with E-state index < -0.39 is 5.54 Å². The molecule has 1 saturated carbocycles. The van der Waals surface area contributed by atoms with Gasteiger partial charge in [0.1, 0.15) is 11.3 Å². The van der Waals surface area contributed by atoms with Crippen LogP contribution in [0.4, 0.5) is 0 Å². The number of nitriles is 1. The molecule has 25 heavy (non-hydrogen) atoms. The molecule has 1 atom stereocenters. The third-order valence-corrected chi connectivity index (χ3v) is 4.60. The van der Waals surface area contributed by atoms with Crippen LogP contribution in [-0.2, 0) is 17.9 Å². The smallest absolute Gasteiger partial charge is 0.235 e. The molecular formula is C20H23N3O2. The van der Waals surface area contributed by atoms with Crippen LogP contribution in [0.1, 0.15) is 31.1 Å². The Morgan fingerprint density at radius 3 is 2.64 bits per heavy atom. The second kappa shape index (κ2) is 7.54. The Bertz CT molecular complexity index is 732. The number of furan rings is 1. The van der Waals surface area contributed by atoms with Crippen molar-refractivity contribution < 1.29 is 9.21 Å². The van der Waals surface area contributed by atoms with Gasteiger partial charge in [-0.3, -0.25) is 9.69 Å². The highest BCUT2D eigenvalue weighted by Gasteiger charge is 2.43. The minimum absolute atomic E-state index is 0.126. The van der Waals surface area contributed by atoms with Crippen LogP contribution in [0.5, 0.6) is 0 Å². The summed E-state index contributed by atoms with van der Waals surface area (Å²) in [5.74, 6) is 0.960. The Morgan fingerprint density at radius 1 is 1.28 bits per heavy atom. The van der Waals surface area contributed by atoms with E-state index in [1.165, 1.54) is 0 Å². The largest absolute Gasteiger partial charge is 0.468 e. The summed E-state index contributed by atoms with van der Waals surface area (Å²) in [5, 5.41) is 12.4. The Morgan fingerprint density at radius 2 is 2.04 bits per heavy atom. The van der Waals surface area contributed by atoms with Crippen molar-refractivity contribution in [1.29, 1.82) is 5.26 Å². The van der Waals surface area contributed by atoms with Crippen LogP contribution in [0.15, 0.2) is 53.1 Å². The molecule has 2 aromatic rings. The summed E-state index contributed by atoms with van der Waals surface area (Å²) in [6.07, 6.45) is 3.64. The van der Waals surface area contributed by atoms with E-state index in [2.05, 4.69) is 11.4 Å². The lowest BCUT2D eigenvalue weighted by molar-refractivity contribution is -0.124. The molecular weight excluding hydrogens is 314 g/mol. The summed E-state index contributed by atoms with van der Waals surface area (Å²) in [5.41, 5.74) is 0.368. The molecule has 0 radical (unpaired) electrons. The quantitative estimate of drug-likeness (QED) is 0.804. The van der Waals surface area contributed by atoms with E-state index in [0.29, 0.717) is 13.1 Å². The Kier molecular flexibility index (Phi) is 5.20. The maximum Gasteiger partial charge on any atom is 0.235 e. The van der Waals surface area contributed by atoms with Gasteiger partial charge in [-0.05, 0) is 43.4 Å². The lowest BCUT2D eigenvalue weighted by atomic mass is 9.98. The van der Waals surface area contributed by atoms with Crippen LogP contribution in [0.2, 0.25) is 0 Å². The van der Waals surface area contributed by atoms with E-state index in [9.17, 15) is 10.1 Å². The van der Waals surface area contributed by atoms with E-state index in [1.54, 1.807) is 6.26 Å². The fraction of sp³-hybridized carbons (Fsp3) is 0.400. The van der Waals surface area contributed by atoms with Crippen LogP contribution < -0.4 is 5.32 Å². The molecule has 5 nitrogen and oxygen atoms in total. The summed E-state index contributed by atoms with van der Waals surface area (Å²) in [6, 6.07) is 16.0. The first-order chi connectivity index (χ1) is 12.1. The van der Waals surface area contributed by atoms with Crippen molar-refractivity contribution >= 4 is 5.91 Å². The molecule has 1 aliphatic carbocycles. The number of hydrogen-bond donors (Lipinski definition) is 1. The van der Waals surface area contributed by atoms with Gasteiger partial charge in [-0.15, -0.1) is 0 Å². The average Bonchev–Trinajstić information content (AvgIpc) is 3.35. The number of hydrogen-bond acceptors (Lipinski definition) is 4. The Labute approximate surface area is 148 Å². The molecule has 1 aromatic heterocycles.